The number of halogens is 1. The standard InChI is InChI=1S/C16H16FNO3S2/c1-11(23(20,21)15-9-3-12(17)4-10-15)16(19)18-13-5-7-14(22-2)8-6-13/h3-11H,1-2H3,(H,18,19). The van der Waals surface area contributed by atoms with E-state index in [9.17, 15) is 17.6 Å². The van der Waals surface area contributed by atoms with Gasteiger partial charge in [-0.1, -0.05) is 0 Å². The minimum atomic E-state index is -3.87. The topological polar surface area (TPSA) is 63.2 Å². The number of rotatable bonds is 5. The number of thioether (sulfide) groups is 1. The molecule has 23 heavy (non-hydrogen) atoms. The second-order valence-electron chi connectivity index (χ2n) is 4.86. The third-order valence-electron chi connectivity index (χ3n) is 3.33. The lowest BCUT2D eigenvalue weighted by Crippen LogP contribution is -2.32. The third-order valence-corrected chi connectivity index (χ3v) is 6.15. The highest BCUT2D eigenvalue weighted by molar-refractivity contribution is 7.98. The molecule has 0 spiro atoms. The van der Waals surface area contributed by atoms with Crippen molar-refractivity contribution in [2.45, 2.75) is 22.0 Å². The molecule has 0 aromatic heterocycles. The van der Waals surface area contributed by atoms with Crippen LogP contribution in [0.25, 0.3) is 0 Å². The van der Waals surface area contributed by atoms with Crippen LogP contribution < -0.4 is 5.32 Å². The Bertz CT molecular complexity index is 787. The molecule has 2 aromatic carbocycles. The van der Waals surface area contributed by atoms with Gasteiger partial charge in [-0.25, -0.2) is 12.8 Å². The molecule has 0 aliphatic carbocycles. The SMILES string of the molecule is CSc1ccc(NC(=O)C(C)S(=O)(=O)c2ccc(F)cc2)cc1. The van der Waals surface area contributed by atoms with Crippen LogP contribution in [0.15, 0.2) is 58.3 Å². The molecule has 1 unspecified atom stereocenters. The summed E-state index contributed by atoms with van der Waals surface area (Å²) in [5.41, 5.74) is 0.522. The van der Waals surface area contributed by atoms with Crippen LogP contribution in [-0.4, -0.2) is 25.8 Å². The molecule has 0 saturated heterocycles. The molecule has 2 rings (SSSR count). The smallest absolute Gasteiger partial charge is 0.242 e. The molecule has 0 fully saturated rings. The molecule has 2 aromatic rings. The van der Waals surface area contributed by atoms with Gasteiger partial charge in [0.2, 0.25) is 5.91 Å². The summed E-state index contributed by atoms with van der Waals surface area (Å²) >= 11 is 1.57. The minimum absolute atomic E-state index is 0.0840. The lowest BCUT2D eigenvalue weighted by Gasteiger charge is -2.13. The summed E-state index contributed by atoms with van der Waals surface area (Å²) in [7, 11) is -3.87. The van der Waals surface area contributed by atoms with Crippen LogP contribution in [0.3, 0.4) is 0 Å². The maximum absolute atomic E-state index is 12.9. The first-order valence-electron chi connectivity index (χ1n) is 6.79. The van der Waals surface area contributed by atoms with Gasteiger partial charge in [0.1, 0.15) is 11.1 Å². The second-order valence-corrected chi connectivity index (χ2v) is 8.01. The van der Waals surface area contributed by atoms with Gasteiger partial charge in [0, 0.05) is 10.6 Å². The van der Waals surface area contributed by atoms with Crippen LogP contribution in [0.2, 0.25) is 0 Å². The number of hydrogen-bond donors (Lipinski definition) is 1. The molecule has 4 nitrogen and oxygen atoms in total. The van der Waals surface area contributed by atoms with E-state index < -0.39 is 26.8 Å². The van der Waals surface area contributed by atoms with E-state index in [1.165, 1.54) is 6.92 Å². The first-order valence-corrected chi connectivity index (χ1v) is 9.56. The van der Waals surface area contributed by atoms with E-state index in [1.54, 1.807) is 23.9 Å². The van der Waals surface area contributed by atoms with E-state index in [2.05, 4.69) is 5.32 Å². The van der Waals surface area contributed by atoms with Crippen molar-refractivity contribution >= 4 is 33.2 Å². The average molecular weight is 353 g/mol. The normalized spacial score (nSPS) is 12.7. The molecular weight excluding hydrogens is 337 g/mol. The molecule has 0 heterocycles. The van der Waals surface area contributed by atoms with Gasteiger partial charge in [-0.15, -0.1) is 11.8 Å². The van der Waals surface area contributed by atoms with Gasteiger partial charge in [0.05, 0.1) is 4.90 Å². The number of sulfone groups is 1. The van der Waals surface area contributed by atoms with Crippen molar-refractivity contribution in [3.05, 3.63) is 54.3 Å². The number of amides is 1. The van der Waals surface area contributed by atoms with Crippen LogP contribution in [-0.2, 0) is 14.6 Å². The van der Waals surface area contributed by atoms with Crippen LogP contribution in [0.5, 0.6) is 0 Å². The number of hydrogen-bond acceptors (Lipinski definition) is 4. The van der Waals surface area contributed by atoms with Gasteiger partial charge in [0.25, 0.3) is 0 Å². The van der Waals surface area contributed by atoms with Gasteiger partial charge < -0.3 is 5.32 Å². The molecular formula is C16H16FNO3S2. The minimum Gasteiger partial charge on any atom is -0.325 e. The Balaban J connectivity index is 2.15. The zero-order valence-electron chi connectivity index (χ0n) is 12.6. The predicted octanol–water partition coefficient (Wildman–Crippen LogP) is 3.35. The number of carbonyl (C=O) groups is 1. The molecule has 122 valence electrons. The van der Waals surface area contributed by atoms with E-state index in [0.717, 1.165) is 29.2 Å². The maximum Gasteiger partial charge on any atom is 0.242 e. The molecule has 1 amide bonds. The zero-order chi connectivity index (χ0) is 17.0. The Kier molecular flexibility index (Phi) is 5.43. The highest BCUT2D eigenvalue weighted by Gasteiger charge is 2.29. The van der Waals surface area contributed by atoms with E-state index >= 15 is 0 Å². The molecule has 1 atom stereocenters. The Morgan fingerprint density at radius 2 is 1.65 bits per heavy atom. The summed E-state index contributed by atoms with van der Waals surface area (Å²) in [6.07, 6.45) is 1.94. The average Bonchev–Trinajstić information content (AvgIpc) is 2.55. The van der Waals surface area contributed by atoms with Crippen LogP contribution >= 0.6 is 11.8 Å². The monoisotopic (exact) mass is 353 g/mol. The van der Waals surface area contributed by atoms with Crippen LogP contribution in [0, 0.1) is 5.82 Å². The molecule has 0 saturated carbocycles. The fourth-order valence-corrected chi connectivity index (χ4v) is 3.56. The van der Waals surface area contributed by atoms with Crippen molar-refractivity contribution in [3.8, 4) is 0 Å². The van der Waals surface area contributed by atoms with Gasteiger partial charge in [-0.3, -0.25) is 4.79 Å². The van der Waals surface area contributed by atoms with E-state index in [-0.39, 0.29) is 4.90 Å². The summed E-state index contributed by atoms with van der Waals surface area (Å²) in [4.78, 5) is 13.1. The summed E-state index contributed by atoms with van der Waals surface area (Å²) in [6, 6.07) is 11.5. The van der Waals surface area contributed by atoms with Crippen molar-refractivity contribution in [2.75, 3.05) is 11.6 Å². The van der Waals surface area contributed by atoms with Crippen molar-refractivity contribution in [1.82, 2.24) is 0 Å². The quantitative estimate of drug-likeness (QED) is 0.661. The molecule has 1 N–H and O–H groups in total. The third kappa shape index (κ3) is 4.11. The second kappa shape index (κ2) is 7.14. The van der Waals surface area contributed by atoms with E-state index in [4.69, 9.17) is 0 Å². The summed E-state index contributed by atoms with van der Waals surface area (Å²) in [6.45, 7) is 1.31. The van der Waals surface area contributed by atoms with Crippen molar-refractivity contribution in [3.63, 3.8) is 0 Å². The molecule has 7 heteroatoms. The highest BCUT2D eigenvalue weighted by Crippen LogP contribution is 2.20. The highest BCUT2D eigenvalue weighted by atomic mass is 32.2. The molecule has 0 aliphatic rings. The van der Waals surface area contributed by atoms with Crippen LogP contribution in [0.4, 0.5) is 10.1 Å². The Morgan fingerprint density at radius 1 is 1.09 bits per heavy atom. The van der Waals surface area contributed by atoms with Gasteiger partial charge in [-0.2, -0.15) is 0 Å². The van der Waals surface area contributed by atoms with Crippen molar-refractivity contribution < 1.29 is 17.6 Å². The summed E-state index contributed by atoms with van der Waals surface area (Å²) in [5.74, 6) is -1.17. The van der Waals surface area contributed by atoms with Gasteiger partial charge in [-0.05, 0) is 61.7 Å². The number of benzene rings is 2. The lowest BCUT2D eigenvalue weighted by atomic mass is 10.3. The Hall–Kier alpha value is -1.86. The fraction of sp³-hybridized carbons (Fsp3) is 0.188. The number of nitrogens with one attached hydrogen (secondary N) is 1. The fourth-order valence-electron chi connectivity index (χ4n) is 1.89. The lowest BCUT2D eigenvalue weighted by molar-refractivity contribution is -0.115. The molecule has 0 radical (unpaired) electrons. The number of carbonyl (C=O) groups excluding carboxylic acids is 1. The molecule has 0 bridgehead atoms. The maximum atomic E-state index is 12.9. The largest absolute Gasteiger partial charge is 0.325 e. The van der Waals surface area contributed by atoms with E-state index in [1.807, 2.05) is 18.4 Å². The summed E-state index contributed by atoms with van der Waals surface area (Å²) < 4.78 is 37.7. The van der Waals surface area contributed by atoms with Crippen molar-refractivity contribution in [1.29, 1.82) is 0 Å². The van der Waals surface area contributed by atoms with Crippen LogP contribution in [0.1, 0.15) is 6.92 Å². The Labute approximate surface area is 139 Å². The first kappa shape index (κ1) is 17.5. The van der Waals surface area contributed by atoms with E-state index in [0.29, 0.717) is 5.69 Å². The summed E-state index contributed by atoms with van der Waals surface area (Å²) in [5, 5.41) is 1.29. The predicted molar refractivity (Wildman–Crippen MR) is 89.9 cm³/mol. The first-order chi connectivity index (χ1) is 10.8. The number of anilines is 1. The van der Waals surface area contributed by atoms with Gasteiger partial charge in [0.15, 0.2) is 9.84 Å². The van der Waals surface area contributed by atoms with Gasteiger partial charge >= 0.3 is 0 Å². The van der Waals surface area contributed by atoms with Crippen molar-refractivity contribution in [2.24, 2.45) is 0 Å². The zero-order valence-corrected chi connectivity index (χ0v) is 14.2. The molecule has 0 aliphatic heterocycles. The Morgan fingerprint density at radius 3 is 2.17 bits per heavy atom.